The standard InChI is InChI=1S/C12H17ClFNO/c1-8(2)15-12(3,7-16)9-4-5-11(14)10(13)6-9/h4-6,8,15-16H,7H2,1-3H3. The van der Waals surface area contributed by atoms with Crippen LogP contribution in [-0.4, -0.2) is 17.8 Å². The summed E-state index contributed by atoms with van der Waals surface area (Å²) in [5.74, 6) is -0.449. The third-order valence-electron chi connectivity index (χ3n) is 2.48. The summed E-state index contributed by atoms with van der Waals surface area (Å²) < 4.78 is 13.0. The van der Waals surface area contributed by atoms with Gasteiger partial charge in [-0.2, -0.15) is 0 Å². The Labute approximate surface area is 100 Å². The molecular weight excluding hydrogens is 229 g/mol. The molecule has 0 amide bonds. The van der Waals surface area contributed by atoms with Crippen LogP contribution in [0, 0.1) is 5.82 Å². The van der Waals surface area contributed by atoms with Gasteiger partial charge in [-0.25, -0.2) is 4.39 Å². The van der Waals surface area contributed by atoms with Crippen molar-refractivity contribution in [2.75, 3.05) is 6.61 Å². The number of aliphatic hydroxyl groups is 1. The van der Waals surface area contributed by atoms with Crippen molar-refractivity contribution in [3.8, 4) is 0 Å². The fraction of sp³-hybridized carbons (Fsp3) is 0.500. The maximum absolute atomic E-state index is 13.0. The van der Waals surface area contributed by atoms with Crippen molar-refractivity contribution in [1.82, 2.24) is 5.32 Å². The Kier molecular flexibility index (Phi) is 4.30. The Balaban J connectivity index is 3.07. The molecule has 0 fully saturated rings. The van der Waals surface area contributed by atoms with Gasteiger partial charge in [-0.05, 0) is 38.5 Å². The summed E-state index contributed by atoms with van der Waals surface area (Å²) in [6, 6.07) is 4.70. The summed E-state index contributed by atoms with van der Waals surface area (Å²) in [6.45, 7) is 5.75. The lowest BCUT2D eigenvalue weighted by atomic mass is 9.92. The monoisotopic (exact) mass is 245 g/mol. The first-order valence-corrected chi connectivity index (χ1v) is 5.61. The highest BCUT2D eigenvalue weighted by molar-refractivity contribution is 6.30. The largest absolute Gasteiger partial charge is 0.394 e. The molecule has 2 nitrogen and oxygen atoms in total. The van der Waals surface area contributed by atoms with Crippen molar-refractivity contribution in [3.63, 3.8) is 0 Å². The molecule has 0 saturated heterocycles. The Hall–Kier alpha value is -0.640. The van der Waals surface area contributed by atoms with Crippen LogP contribution in [0.15, 0.2) is 18.2 Å². The summed E-state index contributed by atoms with van der Waals surface area (Å²) >= 11 is 5.73. The lowest BCUT2D eigenvalue weighted by Crippen LogP contribution is -2.46. The average Bonchev–Trinajstić information content (AvgIpc) is 2.21. The maximum Gasteiger partial charge on any atom is 0.141 e. The lowest BCUT2D eigenvalue weighted by Gasteiger charge is -2.31. The van der Waals surface area contributed by atoms with E-state index in [1.165, 1.54) is 6.07 Å². The SMILES string of the molecule is CC(C)NC(C)(CO)c1ccc(F)c(Cl)c1. The van der Waals surface area contributed by atoms with Crippen LogP contribution >= 0.6 is 11.6 Å². The molecule has 1 unspecified atom stereocenters. The Bertz CT molecular complexity index is 370. The number of nitrogens with one attached hydrogen (secondary N) is 1. The van der Waals surface area contributed by atoms with Gasteiger partial charge in [0.15, 0.2) is 0 Å². The molecule has 0 heterocycles. The van der Waals surface area contributed by atoms with E-state index in [0.717, 1.165) is 5.56 Å². The first-order chi connectivity index (χ1) is 7.39. The van der Waals surface area contributed by atoms with Crippen molar-refractivity contribution < 1.29 is 9.50 Å². The van der Waals surface area contributed by atoms with Crippen molar-refractivity contribution in [1.29, 1.82) is 0 Å². The van der Waals surface area contributed by atoms with Crippen molar-refractivity contribution in [2.45, 2.75) is 32.4 Å². The van der Waals surface area contributed by atoms with Crippen LogP contribution in [0.4, 0.5) is 4.39 Å². The first kappa shape index (κ1) is 13.4. The molecule has 0 radical (unpaired) electrons. The molecule has 0 aliphatic rings. The quantitative estimate of drug-likeness (QED) is 0.855. The Morgan fingerprint density at radius 2 is 2.12 bits per heavy atom. The van der Waals surface area contributed by atoms with Crippen LogP contribution in [0.25, 0.3) is 0 Å². The van der Waals surface area contributed by atoms with E-state index in [4.69, 9.17) is 11.6 Å². The van der Waals surface area contributed by atoms with Crippen LogP contribution in [0.2, 0.25) is 5.02 Å². The fourth-order valence-corrected chi connectivity index (χ4v) is 1.88. The molecule has 4 heteroatoms. The molecule has 1 aromatic rings. The van der Waals surface area contributed by atoms with E-state index in [2.05, 4.69) is 5.32 Å². The molecule has 0 saturated carbocycles. The predicted octanol–water partition coefficient (Wildman–Crippen LogP) is 2.68. The summed E-state index contributed by atoms with van der Waals surface area (Å²) in [7, 11) is 0. The summed E-state index contributed by atoms with van der Waals surface area (Å²) in [5, 5.41) is 12.8. The van der Waals surface area contributed by atoms with Gasteiger partial charge < -0.3 is 10.4 Å². The van der Waals surface area contributed by atoms with Gasteiger partial charge in [-0.1, -0.05) is 17.7 Å². The van der Waals surface area contributed by atoms with Gasteiger partial charge in [0.25, 0.3) is 0 Å². The predicted molar refractivity (Wildman–Crippen MR) is 64.1 cm³/mol. The summed E-state index contributed by atoms with van der Waals surface area (Å²) in [6.07, 6.45) is 0. The smallest absolute Gasteiger partial charge is 0.141 e. The van der Waals surface area contributed by atoms with Crippen LogP contribution in [0.1, 0.15) is 26.3 Å². The third-order valence-corrected chi connectivity index (χ3v) is 2.77. The highest BCUT2D eigenvalue weighted by atomic mass is 35.5. The van der Waals surface area contributed by atoms with Gasteiger partial charge in [0, 0.05) is 6.04 Å². The summed E-state index contributed by atoms with van der Waals surface area (Å²) in [4.78, 5) is 0. The highest BCUT2D eigenvalue weighted by Crippen LogP contribution is 2.25. The molecule has 0 aliphatic heterocycles. The van der Waals surface area contributed by atoms with Crippen LogP contribution in [0.5, 0.6) is 0 Å². The second kappa shape index (κ2) is 5.13. The minimum absolute atomic E-state index is 0.0720. The third kappa shape index (κ3) is 2.94. The number of hydrogen-bond acceptors (Lipinski definition) is 2. The van der Waals surface area contributed by atoms with E-state index in [-0.39, 0.29) is 17.7 Å². The van der Waals surface area contributed by atoms with Crippen LogP contribution < -0.4 is 5.32 Å². The second-order valence-corrected chi connectivity index (χ2v) is 4.83. The molecule has 0 spiro atoms. The normalized spacial score (nSPS) is 15.2. The maximum atomic E-state index is 13.0. The van der Waals surface area contributed by atoms with E-state index in [1.54, 1.807) is 12.1 Å². The van der Waals surface area contributed by atoms with Gasteiger partial charge >= 0.3 is 0 Å². The van der Waals surface area contributed by atoms with Gasteiger partial charge in [0.1, 0.15) is 5.82 Å². The molecule has 2 N–H and O–H groups in total. The van der Waals surface area contributed by atoms with Gasteiger partial charge in [-0.15, -0.1) is 0 Å². The van der Waals surface area contributed by atoms with Crippen molar-refractivity contribution in [2.24, 2.45) is 0 Å². The summed E-state index contributed by atoms with van der Waals surface area (Å²) in [5.41, 5.74) is 0.168. The van der Waals surface area contributed by atoms with Crippen molar-refractivity contribution in [3.05, 3.63) is 34.6 Å². The molecule has 1 atom stereocenters. The fourth-order valence-electron chi connectivity index (χ4n) is 1.70. The molecular formula is C12H17ClFNO. The molecule has 0 bridgehead atoms. The molecule has 1 aromatic carbocycles. The molecule has 0 aliphatic carbocycles. The van der Waals surface area contributed by atoms with E-state index in [1.807, 2.05) is 20.8 Å². The minimum Gasteiger partial charge on any atom is -0.394 e. The number of rotatable bonds is 4. The zero-order valence-electron chi connectivity index (χ0n) is 9.72. The number of benzene rings is 1. The van der Waals surface area contributed by atoms with Gasteiger partial charge in [0.2, 0.25) is 0 Å². The molecule has 16 heavy (non-hydrogen) atoms. The highest BCUT2D eigenvalue weighted by Gasteiger charge is 2.26. The zero-order valence-corrected chi connectivity index (χ0v) is 10.5. The topological polar surface area (TPSA) is 32.3 Å². The molecule has 0 aromatic heterocycles. The number of aliphatic hydroxyl groups excluding tert-OH is 1. The van der Waals surface area contributed by atoms with E-state index in [9.17, 15) is 9.50 Å². The number of hydrogen-bond donors (Lipinski definition) is 2. The van der Waals surface area contributed by atoms with Gasteiger partial charge in [-0.3, -0.25) is 0 Å². The van der Waals surface area contributed by atoms with E-state index >= 15 is 0 Å². The van der Waals surface area contributed by atoms with Crippen molar-refractivity contribution >= 4 is 11.6 Å². The van der Waals surface area contributed by atoms with Gasteiger partial charge in [0.05, 0.1) is 17.2 Å². The Morgan fingerprint density at radius 1 is 1.50 bits per heavy atom. The van der Waals surface area contributed by atoms with E-state index < -0.39 is 11.4 Å². The molecule has 90 valence electrons. The Morgan fingerprint density at radius 3 is 2.56 bits per heavy atom. The van der Waals surface area contributed by atoms with E-state index in [0.29, 0.717) is 0 Å². The van der Waals surface area contributed by atoms with Crippen LogP contribution in [0.3, 0.4) is 0 Å². The average molecular weight is 246 g/mol. The van der Waals surface area contributed by atoms with Crippen LogP contribution in [-0.2, 0) is 5.54 Å². The second-order valence-electron chi connectivity index (χ2n) is 4.42. The molecule has 1 rings (SSSR count). The zero-order chi connectivity index (χ0) is 12.3. The first-order valence-electron chi connectivity index (χ1n) is 5.23. The number of halogens is 2. The minimum atomic E-state index is -0.606. The lowest BCUT2D eigenvalue weighted by molar-refractivity contribution is 0.166.